The molecule has 0 aliphatic carbocycles. The molecule has 1 aromatic heterocycles. The minimum atomic E-state index is -0.459. The molecule has 0 saturated heterocycles. The molecule has 0 aliphatic heterocycles. The van der Waals surface area contributed by atoms with Crippen molar-refractivity contribution in [3.63, 3.8) is 0 Å². The molecule has 4 nitrogen and oxygen atoms in total. The summed E-state index contributed by atoms with van der Waals surface area (Å²) in [6, 6.07) is 0.151. The van der Waals surface area contributed by atoms with Crippen molar-refractivity contribution in [3.05, 3.63) is 18.0 Å². The van der Waals surface area contributed by atoms with E-state index in [1.54, 1.807) is 12.4 Å². The van der Waals surface area contributed by atoms with Gasteiger partial charge in [-0.25, -0.2) is 0 Å². The van der Waals surface area contributed by atoms with Crippen molar-refractivity contribution in [1.29, 1.82) is 0 Å². The van der Waals surface area contributed by atoms with Gasteiger partial charge in [-0.2, -0.15) is 5.10 Å². The van der Waals surface area contributed by atoms with Gasteiger partial charge in [0.1, 0.15) is 0 Å². The van der Waals surface area contributed by atoms with Crippen LogP contribution in [-0.2, 0) is 0 Å². The zero-order valence-corrected chi connectivity index (χ0v) is 8.36. The molecule has 1 heterocycles. The van der Waals surface area contributed by atoms with E-state index in [4.69, 9.17) is 0 Å². The second-order valence-electron chi connectivity index (χ2n) is 3.42. The number of aromatic nitrogens is 2. The zero-order valence-electron chi connectivity index (χ0n) is 8.36. The van der Waals surface area contributed by atoms with Crippen molar-refractivity contribution in [2.75, 3.05) is 14.1 Å². The molecule has 2 unspecified atom stereocenters. The van der Waals surface area contributed by atoms with Crippen LogP contribution in [0, 0.1) is 0 Å². The third-order valence-electron chi connectivity index (χ3n) is 2.31. The summed E-state index contributed by atoms with van der Waals surface area (Å²) in [6.45, 7) is 2.06. The predicted molar refractivity (Wildman–Crippen MR) is 51.3 cm³/mol. The molecular weight excluding hydrogens is 166 g/mol. The summed E-state index contributed by atoms with van der Waals surface area (Å²) in [7, 11) is 3.94. The van der Waals surface area contributed by atoms with Gasteiger partial charge in [0.15, 0.2) is 0 Å². The Morgan fingerprint density at radius 3 is 2.69 bits per heavy atom. The van der Waals surface area contributed by atoms with Crippen LogP contribution in [0.5, 0.6) is 0 Å². The Labute approximate surface area is 78.6 Å². The van der Waals surface area contributed by atoms with Crippen LogP contribution in [0.2, 0.25) is 0 Å². The largest absolute Gasteiger partial charge is 0.387 e. The van der Waals surface area contributed by atoms with E-state index in [-0.39, 0.29) is 6.04 Å². The van der Waals surface area contributed by atoms with Gasteiger partial charge in [-0.3, -0.25) is 5.10 Å². The van der Waals surface area contributed by atoms with Crippen LogP contribution >= 0.6 is 0 Å². The van der Waals surface area contributed by atoms with E-state index in [0.29, 0.717) is 0 Å². The standard InChI is InChI=1S/C9H17N3O/c1-4-8(12(2)3)9(13)7-5-10-11-6-7/h5-6,8-9,13H,4H2,1-3H3,(H,10,11). The van der Waals surface area contributed by atoms with Crippen molar-refractivity contribution < 1.29 is 5.11 Å². The van der Waals surface area contributed by atoms with Crippen LogP contribution in [0.4, 0.5) is 0 Å². The summed E-state index contributed by atoms with van der Waals surface area (Å²) in [4.78, 5) is 2.03. The zero-order chi connectivity index (χ0) is 9.84. The number of hydrogen-bond acceptors (Lipinski definition) is 3. The second-order valence-corrected chi connectivity index (χ2v) is 3.42. The van der Waals surface area contributed by atoms with Crippen molar-refractivity contribution in [2.45, 2.75) is 25.5 Å². The summed E-state index contributed by atoms with van der Waals surface area (Å²) in [6.07, 6.45) is 3.85. The molecule has 1 rings (SSSR count). The highest BCUT2D eigenvalue weighted by Crippen LogP contribution is 2.20. The van der Waals surface area contributed by atoms with E-state index >= 15 is 0 Å². The van der Waals surface area contributed by atoms with Gasteiger partial charge in [0, 0.05) is 17.8 Å². The summed E-state index contributed by atoms with van der Waals surface area (Å²) in [5.74, 6) is 0. The van der Waals surface area contributed by atoms with Gasteiger partial charge in [0.05, 0.1) is 12.3 Å². The maximum absolute atomic E-state index is 9.94. The highest BCUT2D eigenvalue weighted by molar-refractivity contribution is 5.09. The maximum Gasteiger partial charge on any atom is 0.0974 e. The van der Waals surface area contributed by atoms with Gasteiger partial charge in [0.25, 0.3) is 0 Å². The number of H-pyrrole nitrogens is 1. The Kier molecular flexibility index (Phi) is 3.45. The lowest BCUT2D eigenvalue weighted by Gasteiger charge is -2.27. The van der Waals surface area contributed by atoms with Crippen molar-refractivity contribution in [2.24, 2.45) is 0 Å². The molecule has 13 heavy (non-hydrogen) atoms. The van der Waals surface area contributed by atoms with Gasteiger partial charge in [-0.15, -0.1) is 0 Å². The fourth-order valence-electron chi connectivity index (χ4n) is 1.52. The average Bonchev–Trinajstić information content (AvgIpc) is 2.56. The topological polar surface area (TPSA) is 52.2 Å². The third kappa shape index (κ3) is 2.29. The second kappa shape index (κ2) is 4.39. The first-order valence-corrected chi connectivity index (χ1v) is 4.50. The molecule has 4 heteroatoms. The smallest absolute Gasteiger partial charge is 0.0974 e. The minimum Gasteiger partial charge on any atom is -0.387 e. The lowest BCUT2D eigenvalue weighted by Crippen LogP contribution is -2.33. The number of aromatic amines is 1. The summed E-state index contributed by atoms with van der Waals surface area (Å²) in [5.41, 5.74) is 0.848. The molecule has 0 aliphatic rings. The fourth-order valence-corrected chi connectivity index (χ4v) is 1.52. The van der Waals surface area contributed by atoms with E-state index in [2.05, 4.69) is 17.1 Å². The lowest BCUT2D eigenvalue weighted by molar-refractivity contribution is 0.0735. The molecule has 0 radical (unpaired) electrons. The summed E-state index contributed by atoms with van der Waals surface area (Å²) >= 11 is 0. The normalized spacial score (nSPS) is 16.1. The molecule has 0 fully saturated rings. The van der Waals surface area contributed by atoms with Gasteiger partial charge in [-0.1, -0.05) is 6.92 Å². The van der Waals surface area contributed by atoms with Gasteiger partial charge < -0.3 is 10.0 Å². The van der Waals surface area contributed by atoms with Crippen LogP contribution in [0.15, 0.2) is 12.4 Å². The Morgan fingerprint density at radius 1 is 1.62 bits per heavy atom. The molecule has 2 atom stereocenters. The summed E-state index contributed by atoms with van der Waals surface area (Å²) in [5, 5.41) is 16.5. The van der Waals surface area contributed by atoms with E-state index in [9.17, 15) is 5.11 Å². The van der Waals surface area contributed by atoms with E-state index in [1.165, 1.54) is 0 Å². The Hall–Kier alpha value is -0.870. The monoisotopic (exact) mass is 183 g/mol. The Bertz CT molecular complexity index is 233. The number of nitrogens with one attached hydrogen (secondary N) is 1. The lowest BCUT2D eigenvalue weighted by atomic mass is 10.0. The van der Waals surface area contributed by atoms with Gasteiger partial charge in [-0.05, 0) is 20.5 Å². The van der Waals surface area contributed by atoms with Crippen LogP contribution in [0.3, 0.4) is 0 Å². The molecule has 0 saturated carbocycles. The fraction of sp³-hybridized carbons (Fsp3) is 0.667. The van der Waals surface area contributed by atoms with Crippen LogP contribution in [0.1, 0.15) is 25.0 Å². The maximum atomic E-state index is 9.94. The number of likely N-dealkylation sites (N-methyl/N-ethyl adjacent to an activating group) is 1. The quantitative estimate of drug-likeness (QED) is 0.725. The molecule has 0 aromatic carbocycles. The molecule has 74 valence electrons. The van der Waals surface area contributed by atoms with E-state index < -0.39 is 6.10 Å². The van der Waals surface area contributed by atoms with Crippen LogP contribution in [0.25, 0.3) is 0 Å². The van der Waals surface area contributed by atoms with Gasteiger partial charge >= 0.3 is 0 Å². The molecule has 0 amide bonds. The number of aliphatic hydroxyl groups excluding tert-OH is 1. The molecule has 1 aromatic rings. The van der Waals surface area contributed by atoms with Crippen LogP contribution < -0.4 is 0 Å². The van der Waals surface area contributed by atoms with E-state index in [1.807, 2.05) is 19.0 Å². The number of hydrogen-bond donors (Lipinski definition) is 2. The molecular formula is C9H17N3O. The average molecular weight is 183 g/mol. The summed E-state index contributed by atoms with van der Waals surface area (Å²) < 4.78 is 0. The highest BCUT2D eigenvalue weighted by Gasteiger charge is 2.21. The molecule has 0 spiro atoms. The molecule has 0 bridgehead atoms. The third-order valence-corrected chi connectivity index (χ3v) is 2.31. The molecule has 2 N–H and O–H groups in total. The number of nitrogens with zero attached hydrogens (tertiary/aromatic N) is 2. The SMILES string of the molecule is CCC(C(O)c1cn[nH]c1)N(C)C. The Balaban J connectivity index is 2.70. The number of aliphatic hydroxyl groups is 1. The predicted octanol–water partition coefficient (Wildman–Crippen LogP) is 0.783. The van der Waals surface area contributed by atoms with E-state index in [0.717, 1.165) is 12.0 Å². The van der Waals surface area contributed by atoms with Crippen molar-refractivity contribution >= 4 is 0 Å². The highest BCUT2D eigenvalue weighted by atomic mass is 16.3. The first-order chi connectivity index (χ1) is 6.16. The van der Waals surface area contributed by atoms with Crippen LogP contribution in [-0.4, -0.2) is 40.3 Å². The first-order valence-electron chi connectivity index (χ1n) is 4.50. The first kappa shape index (κ1) is 10.2. The van der Waals surface area contributed by atoms with Gasteiger partial charge in [0.2, 0.25) is 0 Å². The van der Waals surface area contributed by atoms with Crippen molar-refractivity contribution in [3.8, 4) is 0 Å². The Morgan fingerprint density at radius 2 is 2.31 bits per heavy atom. The number of rotatable bonds is 4. The minimum absolute atomic E-state index is 0.151. The van der Waals surface area contributed by atoms with Crippen molar-refractivity contribution in [1.82, 2.24) is 15.1 Å².